The molecular formula is C25H22N8S. The zero-order valence-corrected chi connectivity index (χ0v) is 19.6. The first-order chi connectivity index (χ1) is 16.7. The zero-order valence-electron chi connectivity index (χ0n) is 18.8. The molecule has 0 unspecified atom stereocenters. The third kappa shape index (κ3) is 3.64. The summed E-state index contributed by atoms with van der Waals surface area (Å²) in [6.45, 7) is 5.89. The third-order valence-corrected chi connectivity index (χ3v) is 6.77. The fourth-order valence-corrected chi connectivity index (χ4v) is 4.95. The molecule has 0 atom stereocenters. The van der Waals surface area contributed by atoms with Crippen LogP contribution in [0.4, 0.5) is 0 Å². The SMILES string of the molecule is CCNCc1cncc(-c2cnc3[nH]nc(-c4nc5c(-c6ccc(C)s6)ccnc5[nH]4)c3c2)c1. The molecule has 0 aliphatic rings. The molecule has 6 aromatic rings. The van der Waals surface area contributed by atoms with Gasteiger partial charge in [-0.05, 0) is 49.4 Å². The molecule has 0 saturated heterocycles. The van der Waals surface area contributed by atoms with Crippen LogP contribution in [0.1, 0.15) is 17.4 Å². The van der Waals surface area contributed by atoms with E-state index in [0.717, 1.165) is 51.9 Å². The van der Waals surface area contributed by atoms with Crippen molar-refractivity contribution in [1.82, 2.24) is 40.4 Å². The number of aromatic amines is 2. The van der Waals surface area contributed by atoms with Crippen LogP contribution in [-0.2, 0) is 6.54 Å². The molecule has 0 bridgehead atoms. The van der Waals surface area contributed by atoms with Crippen molar-refractivity contribution in [3.63, 3.8) is 0 Å². The Morgan fingerprint density at radius 3 is 2.76 bits per heavy atom. The largest absolute Gasteiger partial charge is 0.321 e. The first kappa shape index (κ1) is 20.6. The monoisotopic (exact) mass is 466 g/mol. The smallest absolute Gasteiger partial charge is 0.161 e. The summed E-state index contributed by atoms with van der Waals surface area (Å²) in [6, 6.07) is 10.5. The van der Waals surface area contributed by atoms with Gasteiger partial charge < -0.3 is 10.3 Å². The fraction of sp³-hybridized carbons (Fsp3) is 0.160. The summed E-state index contributed by atoms with van der Waals surface area (Å²) in [5, 5.41) is 11.8. The van der Waals surface area contributed by atoms with Gasteiger partial charge in [-0.1, -0.05) is 6.92 Å². The van der Waals surface area contributed by atoms with E-state index in [1.807, 2.05) is 30.9 Å². The van der Waals surface area contributed by atoms with Crippen LogP contribution in [0.15, 0.2) is 55.1 Å². The summed E-state index contributed by atoms with van der Waals surface area (Å²) in [7, 11) is 0. The van der Waals surface area contributed by atoms with Crippen LogP contribution in [0.2, 0.25) is 0 Å². The Bertz CT molecular complexity index is 1630. The molecule has 9 heteroatoms. The minimum atomic E-state index is 0.660. The van der Waals surface area contributed by atoms with Crippen LogP contribution in [0, 0.1) is 6.92 Å². The number of pyridine rings is 3. The van der Waals surface area contributed by atoms with Crippen LogP contribution in [0.3, 0.4) is 0 Å². The number of rotatable bonds is 6. The van der Waals surface area contributed by atoms with Crippen molar-refractivity contribution < 1.29 is 0 Å². The Morgan fingerprint density at radius 2 is 1.91 bits per heavy atom. The Labute approximate surface area is 199 Å². The highest BCUT2D eigenvalue weighted by Crippen LogP contribution is 2.34. The molecule has 0 spiro atoms. The van der Waals surface area contributed by atoms with Crippen LogP contribution in [0.5, 0.6) is 0 Å². The Balaban J connectivity index is 1.44. The number of fused-ring (bicyclic) bond motifs is 2. The molecule has 0 radical (unpaired) electrons. The number of nitrogens with zero attached hydrogens (tertiary/aromatic N) is 5. The standard InChI is InChI=1S/C25H22N8S/c1-3-26-10-15-8-16(12-27-11-15)17-9-19-22(32-33-23(19)29-13-17)25-30-21-18(6-7-28-24(21)31-25)20-5-4-14(2)34-20/h4-9,11-13,26H,3,10H2,1-2H3,(H,28,30,31)(H,29,32,33). The van der Waals surface area contributed by atoms with E-state index in [1.165, 1.54) is 9.75 Å². The molecule has 168 valence electrons. The van der Waals surface area contributed by atoms with Gasteiger partial charge in [0.15, 0.2) is 17.1 Å². The lowest BCUT2D eigenvalue weighted by Crippen LogP contribution is -2.11. The number of hydrogen-bond donors (Lipinski definition) is 3. The lowest BCUT2D eigenvalue weighted by molar-refractivity contribution is 0.724. The van der Waals surface area contributed by atoms with Gasteiger partial charge in [0.1, 0.15) is 11.2 Å². The lowest BCUT2D eigenvalue weighted by atomic mass is 10.1. The van der Waals surface area contributed by atoms with Gasteiger partial charge in [-0.15, -0.1) is 11.3 Å². The summed E-state index contributed by atoms with van der Waals surface area (Å²) in [4.78, 5) is 24.2. The second-order valence-corrected chi connectivity index (χ2v) is 9.39. The number of aryl methyl sites for hydroxylation is 1. The van der Waals surface area contributed by atoms with E-state index in [9.17, 15) is 0 Å². The molecule has 6 aromatic heterocycles. The van der Waals surface area contributed by atoms with E-state index in [2.05, 4.69) is 73.6 Å². The van der Waals surface area contributed by atoms with Gasteiger partial charge in [0, 0.05) is 57.8 Å². The van der Waals surface area contributed by atoms with Gasteiger partial charge in [0.05, 0.1) is 5.39 Å². The van der Waals surface area contributed by atoms with Gasteiger partial charge in [-0.25, -0.2) is 15.0 Å². The quantitative estimate of drug-likeness (QED) is 0.315. The number of thiophene rings is 1. The summed E-state index contributed by atoms with van der Waals surface area (Å²) in [5.74, 6) is 0.660. The minimum absolute atomic E-state index is 0.660. The highest BCUT2D eigenvalue weighted by molar-refractivity contribution is 7.15. The van der Waals surface area contributed by atoms with Crippen LogP contribution < -0.4 is 5.32 Å². The number of aromatic nitrogens is 7. The number of hydrogen-bond acceptors (Lipinski definition) is 7. The van der Waals surface area contributed by atoms with Crippen LogP contribution in [-0.4, -0.2) is 41.7 Å². The lowest BCUT2D eigenvalue weighted by Gasteiger charge is -2.05. The third-order valence-electron chi connectivity index (χ3n) is 5.74. The topological polar surface area (TPSA) is 108 Å². The molecule has 3 N–H and O–H groups in total. The molecule has 0 aliphatic heterocycles. The second kappa shape index (κ2) is 8.44. The maximum absolute atomic E-state index is 4.90. The first-order valence-corrected chi connectivity index (χ1v) is 11.9. The average molecular weight is 467 g/mol. The molecule has 0 saturated carbocycles. The fourth-order valence-electron chi connectivity index (χ4n) is 4.05. The van der Waals surface area contributed by atoms with Gasteiger partial charge >= 0.3 is 0 Å². The van der Waals surface area contributed by atoms with Crippen molar-refractivity contribution in [2.75, 3.05) is 6.54 Å². The molecule has 0 amide bonds. The van der Waals surface area contributed by atoms with Crippen molar-refractivity contribution >= 4 is 33.5 Å². The summed E-state index contributed by atoms with van der Waals surface area (Å²) in [5.41, 5.74) is 7.17. The molecule has 6 heterocycles. The van der Waals surface area contributed by atoms with Gasteiger partial charge in [0.2, 0.25) is 0 Å². The Hall–Kier alpha value is -3.95. The molecule has 0 fully saturated rings. The Kier molecular flexibility index (Phi) is 5.12. The first-order valence-electron chi connectivity index (χ1n) is 11.1. The van der Waals surface area contributed by atoms with Crippen molar-refractivity contribution in [2.45, 2.75) is 20.4 Å². The van der Waals surface area contributed by atoms with E-state index in [-0.39, 0.29) is 0 Å². The van der Waals surface area contributed by atoms with Crippen molar-refractivity contribution in [3.05, 3.63) is 65.6 Å². The number of H-pyrrole nitrogens is 2. The maximum Gasteiger partial charge on any atom is 0.161 e. The average Bonchev–Trinajstić information content (AvgIpc) is 3.59. The van der Waals surface area contributed by atoms with E-state index < -0.39 is 0 Å². The van der Waals surface area contributed by atoms with Gasteiger partial charge in [-0.3, -0.25) is 10.1 Å². The van der Waals surface area contributed by atoms with Crippen molar-refractivity contribution in [1.29, 1.82) is 0 Å². The zero-order chi connectivity index (χ0) is 23.1. The maximum atomic E-state index is 4.90. The van der Waals surface area contributed by atoms with E-state index >= 15 is 0 Å². The summed E-state index contributed by atoms with van der Waals surface area (Å²) >= 11 is 1.75. The predicted molar refractivity (Wildman–Crippen MR) is 135 cm³/mol. The molecule has 0 aromatic carbocycles. The van der Waals surface area contributed by atoms with E-state index in [4.69, 9.17) is 4.98 Å². The molecular weight excluding hydrogens is 444 g/mol. The van der Waals surface area contributed by atoms with E-state index in [1.54, 1.807) is 11.3 Å². The molecule has 0 aliphatic carbocycles. The van der Waals surface area contributed by atoms with Crippen molar-refractivity contribution in [2.24, 2.45) is 0 Å². The van der Waals surface area contributed by atoms with Gasteiger partial charge in [0.25, 0.3) is 0 Å². The molecule has 8 nitrogen and oxygen atoms in total. The summed E-state index contributed by atoms with van der Waals surface area (Å²) < 4.78 is 0. The summed E-state index contributed by atoms with van der Waals surface area (Å²) in [6.07, 6.45) is 7.40. The normalized spacial score (nSPS) is 11.6. The minimum Gasteiger partial charge on any atom is -0.321 e. The predicted octanol–water partition coefficient (Wildman–Crippen LogP) is 5.10. The second-order valence-electron chi connectivity index (χ2n) is 8.11. The van der Waals surface area contributed by atoms with Crippen LogP contribution in [0.25, 0.3) is 55.3 Å². The van der Waals surface area contributed by atoms with E-state index in [0.29, 0.717) is 17.2 Å². The molecule has 6 rings (SSSR count). The van der Waals surface area contributed by atoms with Gasteiger partial charge in [-0.2, -0.15) is 5.10 Å². The highest BCUT2D eigenvalue weighted by atomic mass is 32.1. The van der Waals surface area contributed by atoms with Crippen LogP contribution >= 0.6 is 11.3 Å². The molecule has 34 heavy (non-hydrogen) atoms. The number of nitrogens with one attached hydrogen (secondary N) is 3. The Morgan fingerprint density at radius 1 is 1.00 bits per heavy atom. The van der Waals surface area contributed by atoms with Crippen molar-refractivity contribution in [3.8, 4) is 33.1 Å². The highest BCUT2D eigenvalue weighted by Gasteiger charge is 2.17. The number of imidazole rings is 1.